The van der Waals surface area contributed by atoms with E-state index in [1.54, 1.807) is 10.9 Å². The number of benzene rings is 1. The van der Waals surface area contributed by atoms with E-state index in [9.17, 15) is 5.11 Å². The second-order valence-corrected chi connectivity index (χ2v) is 5.27. The summed E-state index contributed by atoms with van der Waals surface area (Å²) < 4.78 is 3.91. The normalized spacial score (nSPS) is 12.9. The lowest BCUT2D eigenvalue weighted by atomic mass is 10.2. The van der Waals surface area contributed by atoms with Crippen molar-refractivity contribution in [1.29, 1.82) is 0 Å². The van der Waals surface area contributed by atoms with Gasteiger partial charge in [-0.3, -0.25) is 4.68 Å². The predicted molar refractivity (Wildman–Crippen MR) is 81.9 cm³/mol. The van der Waals surface area contributed by atoms with Crippen LogP contribution in [0.3, 0.4) is 0 Å². The van der Waals surface area contributed by atoms with Gasteiger partial charge in [-0.05, 0) is 24.6 Å². The summed E-state index contributed by atoms with van der Waals surface area (Å²) in [7, 11) is 1.84. The Labute approximate surface area is 123 Å². The highest BCUT2D eigenvalue weighted by atomic mass is 16.3. The first kappa shape index (κ1) is 13.8. The van der Waals surface area contributed by atoms with Crippen molar-refractivity contribution in [3.8, 4) is 0 Å². The monoisotopic (exact) mass is 284 g/mol. The highest BCUT2D eigenvalue weighted by Crippen LogP contribution is 2.22. The number of imidazole rings is 1. The van der Waals surface area contributed by atoms with Gasteiger partial charge in [-0.2, -0.15) is 5.10 Å². The average molecular weight is 284 g/mol. The Bertz CT molecular complexity index is 744. The molecule has 1 unspecified atom stereocenters. The van der Waals surface area contributed by atoms with Crippen molar-refractivity contribution in [3.63, 3.8) is 0 Å². The van der Waals surface area contributed by atoms with E-state index in [1.807, 2.05) is 31.3 Å². The predicted octanol–water partition coefficient (Wildman–Crippen LogP) is 2.46. The maximum Gasteiger partial charge on any atom is 0.112 e. The fourth-order valence-electron chi connectivity index (χ4n) is 2.74. The molecule has 1 aromatic carbocycles. The number of aromatic nitrogens is 4. The topological polar surface area (TPSA) is 55.9 Å². The van der Waals surface area contributed by atoms with Gasteiger partial charge >= 0.3 is 0 Å². The number of aliphatic hydroxyl groups excluding tert-OH is 1. The van der Waals surface area contributed by atoms with Crippen LogP contribution >= 0.6 is 0 Å². The Hall–Kier alpha value is -2.14. The first-order chi connectivity index (χ1) is 10.2. The molecule has 2 aromatic heterocycles. The van der Waals surface area contributed by atoms with Gasteiger partial charge < -0.3 is 9.67 Å². The molecule has 110 valence electrons. The van der Waals surface area contributed by atoms with Crippen LogP contribution in [0.15, 0.2) is 36.5 Å². The molecule has 0 saturated heterocycles. The molecule has 0 spiro atoms. The Morgan fingerprint density at radius 1 is 1.24 bits per heavy atom. The third-order valence-corrected chi connectivity index (χ3v) is 3.76. The third kappa shape index (κ3) is 2.56. The Morgan fingerprint density at radius 3 is 2.76 bits per heavy atom. The van der Waals surface area contributed by atoms with Crippen LogP contribution in [0.25, 0.3) is 11.0 Å². The highest BCUT2D eigenvalue weighted by molar-refractivity contribution is 5.75. The van der Waals surface area contributed by atoms with E-state index in [-0.39, 0.29) is 0 Å². The van der Waals surface area contributed by atoms with Crippen molar-refractivity contribution in [2.45, 2.75) is 32.4 Å². The number of rotatable bonds is 5. The molecule has 5 nitrogen and oxygen atoms in total. The average Bonchev–Trinajstić information content (AvgIpc) is 3.04. The van der Waals surface area contributed by atoms with Gasteiger partial charge in [0.05, 0.1) is 16.7 Å². The van der Waals surface area contributed by atoms with E-state index >= 15 is 0 Å². The minimum atomic E-state index is -0.593. The minimum Gasteiger partial charge on any atom is -0.386 e. The quantitative estimate of drug-likeness (QED) is 0.783. The molecule has 2 heterocycles. The molecule has 1 N–H and O–H groups in total. The lowest BCUT2D eigenvalue weighted by molar-refractivity contribution is 0.165. The van der Waals surface area contributed by atoms with E-state index < -0.39 is 6.10 Å². The van der Waals surface area contributed by atoms with Gasteiger partial charge in [0.15, 0.2) is 0 Å². The Morgan fingerprint density at radius 2 is 2.05 bits per heavy atom. The summed E-state index contributed by atoms with van der Waals surface area (Å²) in [5, 5.41) is 14.6. The lowest BCUT2D eigenvalue weighted by Crippen LogP contribution is -2.12. The molecule has 0 amide bonds. The van der Waals surface area contributed by atoms with Crippen molar-refractivity contribution < 1.29 is 5.11 Å². The van der Waals surface area contributed by atoms with Crippen molar-refractivity contribution in [2.24, 2.45) is 7.05 Å². The molecule has 0 saturated carbocycles. The maximum absolute atomic E-state index is 10.4. The molecule has 21 heavy (non-hydrogen) atoms. The summed E-state index contributed by atoms with van der Waals surface area (Å²) in [6.45, 7) is 3.06. The van der Waals surface area contributed by atoms with Crippen LogP contribution in [-0.2, 0) is 20.0 Å². The lowest BCUT2D eigenvalue weighted by Gasteiger charge is -2.12. The van der Waals surface area contributed by atoms with Crippen LogP contribution in [0, 0.1) is 0 Å². The maximum atomic E-state index is 10.4. The molecule has 0 radical (unpaired) electrons. The number of fused-ring (bicyclic) bond motifs is 1. The van der Waals surface area contributed by atoms with Crippen LogP contribution in [0.2, 0.25) is 0 Å². The second kappa shape index (κ2) is 5.69. The van der Waals surface area contributed by atoms with E-state index in [0.29, 0.717) is 6.42 Å². The van der Waals surface area contributed by atoms with Crippen molar-refractivity contribution in [2.75, 3.05) is 0 Å². The molecule has 0 fully saturated rings. The molecule has 0 aliphatic heterocycles. The zero-order chi connectivity index (χ0) is 14.8. The molecule has 5 heteroatoms. The largest absolute Gasteiger partial charge is 0.386 e. The van der Waals surface area contributed by atoms with E-state index in [1.165, 1.54) is 0 Å². The zero-order valence-electron chi connectivity index (χ0n) is 12.4. The molecule has 3 rings (SSSR count). The number of aryl methyl sites for hydroxylation is 2. The van der Waals surface area contributed by atoms with Gasteiger partial charge in [0.2, 0.25) is 0 Å². The number of hydrogen-bond acceptors (Lipinski definition) is 3. The van der Waals surface area contributed by atoms with Gasteiger partial charge in [0.1, 0.15) is 11.9 Å². The summed E-state index contributed by atoms with van der Waals surface area (Å²) in [4.78, 5) is 4.68. The Kier molecular flexibility index (Phi) is 3.75. The summed E-state index contributed by atoms with van der Waals surface area (Å²) in [5.41, 5.74) is 2.93. The van der Waals surface area contributed by atoms with Crippen LogP contribution in [-0.4, -0.2) is 24.4 Å². The zero-order valence-corrected chi connectivity index (χ0v) is 12.4. The third-order valence-electron chi connectivity index (χ3n) is 3.76. The van der Waals surface area contributed by atoms with Crippen LogP contribution in [0.4, 0.5) is 0 Å². The van der Waals surface area contributed by atoms with Crippen molar-refractivity contribution in [3.05, 3.63) is 48.0 Å². The SMILES string of the molecule is CCCn1c(CC(O)c2ccnn2C)nc2ccccc21. The molecular weight excluding hydrogens is 264 g/mol. The molecular formula is C16H20N4O. The smallest absolute Gasteiger partial charge is 0.112 e. The van der Waals surface area contributed by atoms with Crippen LogP contribution in [0.5, 0.6) is 0 Å². The van der Waals surface area contributed by atoms with Gasteiger partial charge in [-0.15, -0.1) is 0 Å². The number of hydrogen-bond donors (Lipinski definition) is 1. The summed E-state index contributed by atoms with van der Waals surface area (Å²) >= 11 is 0. The van der Waals surface area contributed by atoms with Crippen molar-refractivity contribution >= 4 is 11.0 Å². The highest BCUT2D eigenvalue weighted by Gasteiger charge is 2.17. The van der Waals surface area contributed by atoms with Crippen molar-refractivity contribution in [1.82, 2.24) is 19.3 Å². The first-order valence-electron chi connectivity index (χ1n) is 7.30. The summed E-state index contributed by atoms with van der Waals surface area (Å²) in [6, 6.07) is 9.96. The molecule has 0 bridgehead atoms. The number of aliphatic hydroxyl groups is 1. The van der Waals surface area contributed by atoms with Gasteiger partial charge in [-0.1, -0.05) is 19.1 Å². The fourth-order valence-corrected chi connectivity index (χ4v) is 2.74. The van der Waals surface area contributed by atoms with E-state index in [2.05, 4.69) is 27.6 Å². The Balaban J connectivity index is 1.96. The summed E-state index contributed by atoms with van der Waals surface area (Å²) in [6.07, 6.45) is 2.64. The van der Waals surface area contributed by atoms with Gasteiger partial charge in [-0.25, -0.2) is 4.98 Å². The van der Waals surface area contributed by atoms with Gasteiger partial charge in [0, 0.05) is 26.2 Å². The van der Waals surface area contributed by atoms with Gasteiger partial charge in [0.25, 0.3) is 0 Å². The second-order valence-electron chi connectivity index (χ2n) is 5.27. The number of para-hydroxylation sites is 2. The molecule has 0 aliphatic carbocycles. The van der Waals surface area contributed by atoms with Crippen LogP contribution in [0.1, 0.15) is 31.0 Å². The minimum absolute atomic E-state index is 0.494. The number of nitrogens with zero attached hydrogens (tertiary/aromatic N) is 4. The first-order valence-corrected chi connectivity index (χ1v) is 7.30. The van der Waals surface area contributed by atoms with Crippen LogP contribution < -0.4 is 0 Å². The molecule has 3 aromatic rings. The molecule has 1 atom stereocenters. The van der Waals surface area contributed by atoms with E-state index in [4.69, 9.17) is 0 Å². The standard InChI is InChI=1S/C16H20N4O/c1-3-10-20-13-7-5-4-6-12(13)18-16(20)11-15(21)14-8-9-17-19(14)2/h4-9,15,21H,3,10-11H2,1-2H3. The summed E-state index contributed by atoms with van der Waals surface area (Å²) in [5.74, 6) is 0.923. The van der Waals surface area contributed by atoms with E-state index in [0.717, 1.165) is 35.5 Å². The fraction of sp³-hybridized carbons (Fsp3) is 0.375. The molecule has 0 aliphatic rings.